The first kappa shape index (κ1) is 23.5. The summed E-state index contributed by atoms with van der Waals surface area (Å²) in [6.07, 6.45) is 16.7. The van der Waals surface area contributed by atoms with Crippen molar-refractivity contribution in [3.63, 3.8) is 0 Å². The van der Waals surface area contributed by atoms with Crippen LogP contribution in [0.25, 0.3) is 32.3 Å². The predicted octanol–water partition coefficient (Wildman–Crippen LogP) is 8.38. The first-order chi connectivity index (χ1) is 20.2. The molecule has 200 valence electrons. The lowest BCUT2D eigenvalue weighted by molar-refractivity contribution is 0.612. The number of rotatable bonds is 7. The Morgan fingerprint density at radius 2 is 0.878 bits per heavy atom. The molecule has 0 aliphatic rings. The molecule has 41 heavy (non-hydrogen) atoms. The second-order valence-corrected chi connectivity index (χ2v) is 10.8. The van der Waals surface area contributed by atoms with Gasteiger partial charge in [0.05, 0.1) is 11.4 Å². The van der Waals surface area contributed by atoms with Crippen LogP contribution in [-0.2, 0) is 0 Å². The fraction of sp³-hybridized carbons (Fsp3) is 0.0857. The van der Waals surface area contributed by atoms with E-state index < -0.39 is 0 Å². The fourth-order valence-electron chi connectivity index (χ4n) is 6.25. The predicted molar refractivity (Wildman–Crippen MR) is 169 cm³/mol. The van der Waals surface area contributed by atoms with E-state index in [2.05, 4.69) is 183 Å². The van der Waals surface area contributed by atoms with Crippen molar-refractivity contribution >= 4 is 43.7 Å². The van der Waals surface area contributed by atoms with Gasteiger partial charge in [0.1, 0.15) is 0 Å². The van der Waals surface area contributed by atoms with Crippen LogP contribution in [0.15, 0.2) is 141 Å². The minimum atomic E-state index is 0.352. The second kappa shape index (κ2) is 9.10. The van der Waals surface area contributed by atoms with E-state index in [1.165, 1.54) is 37.9 Å². The highest BCUT2D eigenvalue weighted by molar-refractivity contribution is 6.28. The SMILES string of the molecule is CC(C)c1cc(N(n2cccc2)n2cccc2)c2ccc3ccc(N(n4cccc4)n4cccc4)c4ccc1c2c34. The molecule has 6 nitrogen and oxygen atoms in total. The second-order valence-electron chi connectivity index (χ2n) is 10.8. The quantitative estimate of drug-likeness (QED) is 0.192. The Morgan fingerprint density at radius 3 is 1.39 bits per heavy atom. The van der Waals surface area contributed by atoms with Crippen LogP contribution in [0.4, 0.5) is 11.4 Å². The molecule has 0 spiro atoms. The summed E-state index contributed by atoms with van der Waals surface area (Å²) in [4.78, 5) is 0. The molecule has 0 radical (unpaired) electrons. The first-order valence-corrected chi connectivity index (χ1v) is 14.1. The summed E-state index contributed by atoms with van der Waals surface area (Å²) in [5, 5.41) is 12.0. The van der Waals surface area contributed by atoms with Crippen molar-refractivity contribution in [2.75, 3.05) is 10.2 Å². The lowest BCUT2D eigenvalue weighted by Crippen LogP contribution is -2.33. The van der Waals surface area contributed by atoms with E-state index in [0.29, 0.717) is 5.92 Å². The molecule has 0 saturated carbocycles. The standard InChI is InChI=1S/C35H30N6/c1-26(2)31-25-33(41(38-21-7-8-22-38)39-23-9-10-24-39)30-13-11-27-12-16-32(29-15-14-28(31)35(30)34(27)29)40(36-17-3-4-18-36)37-19-5-6-20-37/h3-26H,1-2H3. The number of aromatic nitrogens is 4. The number of benzene rings is 4. The molecule has 0 fully saturated rings. The molecule has 0 atom stereocenters. The fourth-order valence-corrected chi connectivity index (χ4v) is 6.25. The van der Waals surface area contributed by atoms with Crippen molar-refractivity contribution in [3.05, 3.63) is 146 Å². The molecule has 8 aromatic rings. The van der Waals surface area contributed by atoms with Gasteiger partial charge < -0.3 is 0 Å². The van der Waals surface area contributed by atoms with Crippen LogP contribution in [0.1, 0.15) is 25.3 Å². The van der Waals surface area contributed by atoms with Gasteiger partial charge in [-0.15, -0.1) is 0 Å². The molecule has 4 heterocycles. The normalized spacial score (nSPS) is 11.9. The largest absolute Gasteiger partial charge is 0.249 e. The summed E-state index contributed by atoms with van der Waals surface area (Å²) in [7, 11) is 0. The maximum Gasteiger partial charge on any atom is 0.0905 e. The van der Waals surface area contributed by atoms with Crippen molar-refractivity contribution in [1.29, 1.82) is 0 Å². The van der Waals surface area contributed by atoms with Gasteiger partial charge in [-0.1, -0.05) is 44.2 Å². The minimum absolute atomic E-state index is 0.352. The Morgan fingerprint density at radius 1 is 0.463 bits per heavy atom. The van der Waals surface area contributed by atoms with Gasteiger partial charge in [0.15, 0.2) is 0 Å². The Kier molecular flexibility index (Phi) is 5.22. The van der Waals surface area contributed by atoms with Crippen LogP contribution in [-0.4, -0.2) is 18.7 Å². The highest BCUT2D eigenvalue weighted by Gasteiger charge is 2.23. The number of anilines is 2. The molecule has 4 aromatic carbocycles. The monoisotopic (exact) mass is 534 g/mol. The zero-order chi connectivity index (χ0) is 27.5. The maximum absolute atomic E-state index is 2.37. The smallest absolute Gasteiger partial charge is 0.0905 e. The van der Waals surface area contributed by atoms with Crippen molar-refractivity contribution in [1.82, 2.24) is 18.7 Å². The van der Waals surface area contributed by atoms with Crippen LogP contribution in [0.5, 0.6) is 0 Å². The zero-order valence-electron chi connectivity index (χ0n) is 23.0. The summed E-state index contributed by atoms with van der Waals surface area (Å²) < 4.78 is 8.52. The van der Waals surface area contributed by atoms with E-state index in [1.54, 1.807) is 0 Å². The molecule has 0 aliphatic heterocycles. The lowest BCUT2D eigenvalue weighted by atomic mass is 9.87. The van der Waals surface area contributed by atoms with Crippen molar-refractivity contribution in [2.45, 2.75) is 19.8 Å². The van der Waals surface area contributed by atoms with Gasteiger partial charge in [-0.3, -0.25) is 0 Å². The van der Waals surface area contributed by atoms with Gasteiger partial charge in [0.2, 0.25) is 0 Å². The van der Waals surface area contributed by atoms with Crippen molar-refractivity contribution in [3.8, 4) is 0 Å². The van der Waals surface area contributed by atoms with Crippen LogP contribution >= 0.6 is 0 Å². The average molecular weight is 535 g/mol. The summed E-state index contributed by atoms with van der Waals surface area (Å²) in [5.74, 6) is 0.352. The topological polar surface area (TPSA) is 26.2 Å². The average Bonchev–Trinajstić information content (AvgIpc) is 3.82. The molecule has 8 rings (SSSR count). The molecule has 6 heteroatoms. The molecular weight excluding hydrogens is 504 g/mol. The Balaban J connectivity index is 1.48. The summed E-state index contributed by atoms with van der Waals surface area (Å²) in [6, 6.07) is 32.6. The van der Waals surface area contributed by atoms with Crippen LogP contribution < -0.4 is 10.2 Å². The van der Waals surface area contributed by atoms with E-state index in [0.717, 1.165) is 11.4 Å². The van der Waals surface area contributed by atoms with Crippen LogP contribution in [0, 0.1) is 0 Å². The van der Waals surface area contributed by atoms with Gasteiger partial charge in [0, 0.05) is 60.3 Å². The molecular formula is C35H30N6. The van der Waals surface area contributed by atoms with E-state index in [9.17, 15) is 0 Å². The van der Waals surface area contributed by atoms with Crippen LogP contribution in [0.2, 0.25) is 0 Å². The van der Waals surface area contributed by atoms with Gasteiger partial charge in [-0.25, -0.2) is 18.7 Å². The molecule has 0 unspecified atom stereocenters. The molecule has 4 aromatic heterocycles. The number of hydrogen-bond donors (Lipinski definition) is 0. The first-order valence-electron chi connectivity index (χ1n) is 14.1. The third-order valence-corrected chi connectivity index (χ3v) is 8.05. The summed E-state index contributed by atoms with van der Waals surface area (Å²) in [6.45, 7) is 4.58. The Hall–Kier alpha value is -5.36. The van der Waals surface area contributed by atoms with Crippen molar-refractivity contribution in [2.24, 2.45) is 0 Å². The molecule has 0 bridgehead atoms. The van der Waals surface area contributed by atoms with E-state index in [1.807, 2.05) is 0 Å². The molecule has 0 N–H and O–H groups in total. The van der Waals surface area contributed by atoms with E-state index in [-0.39, 0.29) is 0 Å². The third kappa shape index (κ3) is 3.57. The van der Waals surface area contributed by atoms with Gasteiger partial charge in [-0.05, 0) is 93.7 Å². The van der Waals surface area contributed by atoms with Crippen molar-refractivity contribution < 1.29 is 0 Å². The van der Waals surface area contributed by atoms with E-state index in [4.69, 9.17) is 0 Å². The molecule has 0 saturated heterocycles. The highest BCUT2D eigenvalue weighted by Crippen LogP contribution is 2.45. The Labute approximate surface area is 238 Å². The van der Waals surface area contributed by atoms with Gasteiger partial charge >= 0.3 is 0 Å². The zero-order valence-corrected chi connectivity index (χ0v) is 23.0. The maximum atomic E-state index is 2.37. The minimum Gasteiger partial charge on any atom is -0.249 e. The Bertz CT molecular complexity index is 2000. The van der Waals surface area contributed by atoms with E-state index >= 15 is 0 Å². The van der Waals surface area contributed by atoms with Gasteiger partial charge in [-0.2, -0.15) is 10.2 Å². The lowest BCUT2D eigenvalue weighted by Gasteiger charge is -2.31. The summed E-state index contributed by atoms with van der Waals surface area (Å²) in [5.41, 5.74) is 3.59. The number of hydrogen-bond acceptors (Lipinski definition) is 2. The van der Waals surface area contributed by atoms with Crippen LogP contribution in [0.3, 0.4) is 0 Å². The van der Waals surface area contributed by atoms with Gasteiger partial charge in [0.25, 0.3) is 0 Å². The highest BCUT2D eigenvalue weighted by atomic mass is 15.8. The summed E-state index contributed by atoms with van der Waals surface area (Å²) >= 11 is 0. The molecule has 0 aliphatic carbocycles. The number of nitrogens with zero attached hydrogens (tertiary/aromatic N) is 6. The molecule has 0 amide bonds. The third-order valence-electron chi connectivity index (χ3n) is 8.05.